The van der Waals surface area contributed by atoms with Crippen LogP contribution < -0.4 is 10.6 Å². The minimum atomic E-state index is -0.880. The van der Waals surface area contributed by atoms with E-state index in [1.807, 2.05) is 0 Å². The largest absolute Gasteiger partial charge is 0.351 e. The summed E-state index contributed by atoms with van der Waals surface area (Å²) in [5, 5.41) is 8.43. The summed E-state index contributed by atoms with van der Waals surface area (Å²) in [6.07, 6.45) is -0.378. The molecule has 16 heavy (non-hydrogen) atoms. The monoisotopic (exact) mass is 217 g/mol. The van der Waals surface area contributed by atoms with Crippen LogP contribution in [-0.2, 0) is 4.79 Å². The van der Waals surface area contributed by atoms with Crippen LogP contribution in [0.3, 0.4) is 0 Å². The van der Waals surface area contributed by atoms with Gasteiger partial charge in [-0.3, -0.25) is 4.79 Å². The SMILES string of the molecule is Cc1ccccc1N(C(N)=O)C(=O)CC#N. The first-order valence-corrected chi connectivity index (χ1v) is 4.63. The molecule has 0 saturated carbocycles. The number of para-hydroxylation sites is 1. The minimum Gasteiger partial charge on any atom is -0.351 e. The molecule has 1 aromatic carbocycles. The van der Waals surface area contributed by atoms with Crippen LogP contribution in [0.1, 0.15) is 12.0 Å². The molecule has 1 aromatic rings. The molecule has 5 heteroatoms. The van der Waals surface area contributed by atoms with Gasteiger partial charge in [0.1, 0.15) is 6.42 Å². The molecule has 0 atom stereocenters. The van der Waals surface area contributed by atoms with E-state index in [1.54, 1.807) is 37.3 Å². The molecule has 0 bridgehead atoms. The molecule has 0 aliphatic heterocycles. The predicted molar refractivity (Wildman–Crippen MR) is 58.5 cm³/mol. The van der Waals surface area contributed by atoms with Gasteiger partial charge in [-0.15, -0.1) is 0 Å². The zero-order chi connectivity index (χ0) is 12.1. The standard InChI is InChI=1S/C11H11N3O2/c1-8-4-2-3-5-9(8)14(11(13)16)10(15)6-7-12/h2-5H,6H2,1H3,(H2,13,16). The van der Waals surface area contributed by atoms with Crippen molar-refractivity contribution >= 4 is 17.6 Å². The first-order valence-electron chi connectivity index (χ1n) is 4.63. The number of hydrogen-bond donors (Lipinski definition) is 1. The maximum atomic E-state index is 11.5. The number of nitrogens with two attached hydrogens (primary N) is 1. The summed E-state index contributed by atoms with van der Waals surface area (Å²) in [6.45, 7) is 1.75. The van der Waals surface area contributed by atoms with E-state index < -0.39 is 11.9 Å². The van der Waals surface area contributed by atoms with Crippen molar-refractivity contribution in [1.29, 1.82) is 5.26 Å². The Hall–Kier alpha value is -2.35. The highest BCUT2D eigenvalue weighted by Gasteiger charge is 2.21. The normalized spacial score (nSPS) is 9.25. The summed E-state index contributed by atoms with van der Waals surface area (Å²) >= 11 is 0. The fourth-order valence-electron chi connectivity index (χ4n) is 1.34. The number of primary amides is 1. The number of carbonyl (C=O) groups excluding carboxylic acids is 2. The van der Waals surface area contributed by atoms with E-state index in [4.69, 9.17) is 11.0 Å². The molecule has 2 N–H and O–H groups in total. The van der Waals surface area contributed by atoms with Crippen molar-refractivity contribution in [3.05, 3.63) is 29.8 Å². The number of nitrogens with zero attached hydrogens (tertiary/aromatic N) is 2. The van der Waals surface area contributed by atoms with Gasteiger partial charge in [0.2, 0.25) is 5.91 Å². The molecule has 0 aromatic heterocycles. The van der Waals surface area contributed by atoms with Crippen LogP contribution in [0.2, 0.25) is 0 Å². The van der Waals surface area contributed by atoms with E-state index in [0.29, 0.717) is 5.69 Å². The lowest BCUT2D eigenvalue weighted by Crippen LogP contribution is -2.41. The Labute approximate surface area is 93.1 Å². The highest BCUT2D eigenvalue weighted by atomic mass is 16.2. The third kappa shape index (κ3) is 2.36. The molecule has 5 nitrogen and oxygen atoms in total. The molecule has 82 valence electrons. The van der Waals surface area contributed by atoms with Crippen molar-refractivity contribution in [1.82, 2.24) is 0 Å². The van der Waals surface area contributed by atoms with E-state index >= 15 is 0 Å². The van der Waals surface area contributed by atoms with Gasteiger partial charge in [0, 0.05) is 0 Å². The predicted octanol–water partition coefficient (Wildman–Crippen LogP) is 1.32. The molecule has 0 aliphatic rings. The summed E-state index contributed by atoms with van der Waals surface area (Å²) in [6, 6.07) is 7.65. The zero-order valence-corrected chi connectivity index (χ0v) is 8.80. The molecule has 0 aliphatic carbocycles. The van der Waals surface area contributed by atoms with Crippen LogP contribution in [0.5, 0.6) is 0 Å². The molecule has 0 spiro atoms. The number of anilines is 1. The number of imide groups is 1. The first-order chi connectivity index (χ1) is 7.57. The quantitative estimate of drug-likeness (QED) is 0.810. The third-order valence-corrected chi connectivity index (χ3v) is 2.06. The Bertz CT molecular complexity index is 463. The fraction of sp³-hybridized carbons (Fsp3) is 0.182. The van der Waals surface area contributed by atoms with E-state index in [9.17, 15) is 9.59 Å². The van der Waals surface area contributed by atoms with E-state index in [0.717, 1.165) is 10.5 Å². The van der Waals surface area contributed by atoms with Gasteiger partial charge in [-0.2, -0.15) is 5.26 Å². The van der Waals surface area contributed by atoms with E-state index in [-0.39, 0.29) is 6.42 Å². The first kappa shape index (κ1) is 11.7. The average Bonchev–Trinajstić information content (AvgIpc) is 2.21. The number of nitriles is 1. The second-order valence-corrected chi connectivity index (χ2v) is 3.19. The lowest BCUT2D eigenvalue weighted by atomic mass is 10.2. The third-order valence-electron chi connectivity index (χ3n) is 2.06. The Morgan fingerprint density at radius 2 is 2.06 bits per heavy atom. The lowest BCUT2D eigenvalue weighted by molar-refractivity contribution is -0.116. The van der Waals surface area contributed by atoms with Gasteiger partial charge >= 0.3 is 6.03 Å². The van der Waals surface area contributed by atoms with Gasteiger partial charge in [-0.1, -0.05) is 18.2 Å². The second kappa shape index (κ2) is 4.94. The molecule has 3 amide bonds. The smallest absolute Gasteiger partial charge is 0.326 e. The van der Waals surface area contributed by atoms with Crippen molar-refractivity contribution in [3.8, 4) is 6.07 Å². The molecule has 1 rings (SSSR count). The van der Waals surface area contributed by atoms with Crippen LogP contribution >= 0.6 is 0 Å². The van der Waals surface area contributed by atoms with Crippen molar-refractivity contribution < 1.29 is 9.59 Å². The Morgan fingerprint density at radius 1 is 1.44 bits per heavy atom. The average molecular weight is 217 g/mol. The summed E-state index contributed by atoms with van der Waals surface area (Å²) in [4.78, 5) is 23.5. The van der Waals surface area contributed by atoms with Gasteiger partial charge in [-0.25, -0.2) is 9.69 Å². The van der Waals surface area contributed by atoms with Gasteiger partial charge in [0.15, 0.2) is 0 Å². The maximum Gasteiger partial charge on any atom is 0.326 e. The van der Waals surface area contributed by atoms with Gasteiger partial charge in [0.25, 0.3) is 0 Å². The number of benzene rings is 1. The Balaban J connectivity index is 3.14. The van der Waals surface area contributed by atoms with Crippen LogP contribution in [0, 0.1) is 18.3 Å². The van der Waals surface area contributed by atoms with Crippen LogP contribution in [0.15, 0.2) is 24.3 Å². The highest BCUT2D eigenvalue weighted by Crippen LogP contribution is 2.19. The Morgan fingerprint density at radius 3 is 2.56 bits per heavy atom. The summed E-state index contributed by atoms with van der Waals surface area (Å²) in [5.41, 5.74) is 6.28. The second-order valence-electron chi connectivity index (χ2n) is 3.19. The molecular formula is C11H11N3O2. The summed E-state index contributed by atoms with van der Waals surface area (Å²) in [7, 11) is 0. The van der Waals surface area contributed by atoms with Gasteiger partial charge in [-0.05, 0) is 18.6 Å². The number of hydrogen-bond acceptors (Lipinski definition) is 3. The van der Waals surface area contributed by atoms with Crippen LogP contribution in [0.4, 0.5) is 10.5 Å². The molecule has 0 fully saturated rings. The number of aryl methyl sites for hydroxylation is 1. The minimum absolute atomic E-state index is 0.378. The van der Waals surface area contributed by atoms with Gasteiger partial charge < -0.3 is 5.73 Å². The summed E-state index contributed by atoms with van der Waals surface area (Å²) in [5.74, 6) is -0.621. The topological polar surface area (TPSA) is 87.2 Å². The fourth-order valence-corrected chi connectivity index (χ4v) is 1.34. The zero-order valence-electron chi connectivity index (χ0n) is 8.80. The number of amides is 3. The number of rotatable bonds is 2. The van der Waals surface area contributed by atoms with Crippen molar-refractivity contribution in [2.75, 3.05) is 4.90 Å². The van der Waals surface area contributed by atoms with Crippen molar-refractivity contribution in [3.63, 3.8) is 0 Å². The lowest BCUT2D eigenvalue weighted by Gasteiger charge is -2.19. The molecular weight excluding hydrogens is 206 g/mol. The highest BCUT2D eigenvalue weighted by molar-refractivity contribution is 6.14. The van der Waals surface area contributed by atoms with Gasteiger partial charge in [0.05, 0.1) is 11.8 Å². The summed E-state index contributed by atoms with van der Waals surface area (Å²) < 4.78 is 0. The number of carbonyl (C=O) groups is 2. The van der Waals surface area contributed by atoms with E-state index in [1.165, 1.54) is 0 Å². The maximum absolute atomic E-state index is 11.5. The van der Waals surface area contributed by atoms with Crippen LogP contribution in [-0.4, -0.2) is 11.9 Å². The molecule has 0 radical (unpaired) electrons. The molecule has 0 heterocycles. The number of urea groups is 1. The Kier molecular flexibility index (Phi) is 3.62. The van der Waals surface area contributed by atoms with Crippen molar-refractivity contribution in [2.24, 2.45) is 5.73 Å². The van der Waals surface area contributed by atoms with E-state index in [2.05, 4.69) is 0 Å². The van der Waals surface area contributed by atoms with Crippen LogP contribution in [0.25, 0.3) is 0 Å². The molecule has 0 unspecified atom stereocenters. The molecule has 0 saturated heterocycles. The van der Waals surface area contributed by atoms with Crippen molar-refractivity contribution in [2.45, 2.75) is 13.3 Å².